The summed E-state index contributed by atoms with van der Waals surface area (Å²) in [5, 5.41) is 7.33. The highest BCUT2D eigenvalue weighted by molar-refractivity contribution is 5.86. The van der Waals surface area contributed by atoms with Gasteiger partial charge in [0.15, 0.2) is 0 Å². The van der Waals surface area contributed by atoms with Crippen LogP contribution in [0.25, 0.3) is 0 Å². The van der Waals surface area contributed by atoms with Crippen LogP contribution in [-0.4, -0.2) is 46.1 Å². The second-order valence-electron chi connectivity index (χ2n) is 8.80. The fraction of sp³-hybridized carbons (Fsp3) is 0.700. The van der Waals surface area contributed by atoms with Crippen molar-refractivity contribution in [1.29, 1.82) is 0 Å². The van der Waals surface area contributed by atoms with Gasteiger partial charge in [0, 0.05) is 50.0 Å². The summed E-state index contributed by atoms with van der Waals surface area (Å²) in [6.07, 6.45) is 2.75. The van der Waals surface area contributed by atoms with Gasteiger partial charge in [0.05, 0.1) is 5.69 Å². The molecule has 3 rings (SSSR count). The van der Waals surface area contributed by atoms with Gasteiger partial charge in [0.2, 0.25) is 11.8 Å². The van der Waals surface area contributed by atoms with Crippen molar-refractivity contribution >= 4 is 11.8 Å². The summed E-state index contributed by atoms with van der Waals surface area (Å²) in [4.78, 5) is 38.2. The molecule has 7 heteroatoms. The number of hydrogen-bond donors (Lipinski definition) is 1. The predicted octanol–water partition coefficient (Wildman–Crippen LogP) is 1.31. The Morgan fingerprint density at radius 3 is 2.52 bits per heavy atom. The third-order valence-electron chi connectivity index (χ3n) is 5.59. The summed E-state index contributed by atoms with van der Waals surface area (Å²) >= 11 is 0. The number of hydrogen-bond acceptors (Lipinski definition) is 4. The van der Waals surface area contributed by atoms with E-state index in [1.165, 1.54) is 0 Å². The molecule has 148 valence electrons. The Morgan fingerprint density at radius 2 is 1.89 bits per heavy atom. The molecule has 2 aliphatic rings. The minimum atomic E-state index is -0.178. The Hall–Kier alpha value is -2.18. The largest absolute Gasteiger partial charge is 0.356 e. The molecule has 0 radical (unpaired) electrons. The highest BCUT2D eigenvalue weighted by Crippen LogP contribution is 2.23. The van der Waals surface area contributed by atoms with E-state index in [1.807, 2.05) is 4.90 Å². The molecular weight excluding hydrogens is 344 g/mol. The molecule has 27 heavy (non-hydrogen) atoms. The average Bonchev–Trinajstić information content (AvgIpc) is 2.62. The maximum atomic E-state index is 12.7. The number of nitrogens with one attached hydrogen (secondary N) is 1. The highest BCUT2D eigenvalue weighted by Gasteiger charge is 2.31. The van der Waals surface area contributed by atoms with Crippen LogP contribution < -0.4 is 10.9 Å². The second kappa shape index (κ2) is 7.82. The van der Waals surface area contributed by atoms with Crippen LogP contribution in [0.3, 0.4) is 0 Å². The van der Waals surface area contributed by atoms with E-state index < -0.39 is 0 Å². The first-order chi connectivity index (χ1) is 12.7. The Balaban J connectivity index is 1.58. The number of piperidine rings is 2. The molecule has 0 saturated carbocycles. The third kappa shape index (κ3) is 4.76. The lowest BCUT2D eigenvalue weighted by Crippen LogP contribution is -2.46. The summed E-state index contributed by atoms with van der Waals surface area (Å²) in [5.41, 5.74) is 0.734. The van der Waals surface area contributed by atoms with Crippen LogP contribution >= 0.6 is 0 Å². The number of likely N-dealkylation sites (tertiary alicyclic amines) is 1. The van der Waals surface area contributed by atoms with Crippen molar-refractivity contribution < 1.29 is 9.59 Å². The molecule has 7 nitrogen and oxygen atoms in total. The number of aromatic nitrogens is 2. The van der Waals surface area contributed by atoms with Gasteiger partial charge in [-0.15, -0.1) is 0 Å². The lowest BCUT2D eigenvalue weighted by molar-refractivity contribution is -0.141. The molecule has 1 atom stereocenters. The second-order valence-corrected chi connectivity index (χ2v) is 8.80. The first-order valence-electron chi connectivity index (χ1n) is 9.88. The van der Waals surface area contributed by atoms with Crippen molar-refractivity contribution in [3.63, 3.8) is 0 Å². The Morgan fingerprint density at radius 1 is 1.19 bits per heavy atom. The lowest BCUT2D eigenvalue weighted by Gasteiger charge is -2.35. The fourth-order valence-corrected chi connectivity index (χ4v) is 3.81. The molecular formula is C20H30N4O3. The molecule has 0 bridgehead atoms. The van der Waals surface area contributed by atoms with Gasteiger partial charge < -0.3 is 10.2 Å². The average molecular weight is 374 g/mol. The molecule has 1 aromatic rings. The molecule has 1 unspecified atom stereocenters. The van der Waals surface area contributed by atoms with Gasteiger partial charge in [-0.2, -0.15) is 5.10 Å². The lowest BCUT2D eigenvalue weighted by atomic mass is 9.91. The van der Waals surface area contributed by atoms with Gasteiger partial charge in [-0.05, 0) is 31.2 Å². The SMILES string of the molecule is CC(C)(C)c1ccc(=O)n(CC2CCN(C(=O)C3CCNC(=O)C3)CC2)n1. The normalized spacial score (nSPS) is 21.8. The standard InChI is InChI=1S/C20H30N4O3/c1-20(2,3)16-4-5-18(26)24(22-16)13-14-7-10-23(11-8-14)19(27)15-6-9-21-17(25)12-15/h4-5,14-15H,6-13H2,1-3H3,(H,21,25). The molecule has 3 heterocycles. The Kier molecular flexibility index (Phi) is 5.67. The zero-order valence-corrected chi connectivity index (χ0v) is 16.5. The minimum absolute atomic E-state index is 0.0290. The van der Waals surface area contributed by atoms with E-state index in [-0.39, 0.29) is 28.7 Å². The topological polar surface area (TPSA) is 84.3 Å². The van der Waals surface area contributed by atoms with Crippen LogP contribution in [0.15, 0.2) is 16.9 Å². The van der Waals surface area contributed by atoms with Crippen molar-refractivity contribution in [2.75, 3.05) is 19.6 Å². The van der Waals surface area contributed by atoms with Gasteiger partial charge in [-0.25, -0.2) is 4.68 Å². The smallest absolute Gasteiger partial charge is 0.266 e. The van der Waals surface area contributed by atoms with Crippen LogP contribution in [0.1, 0.15) is 52.1 Å². The van der Waals surface area contributed by atoms with Crippen LogP contribution in [0.2, 0.25) is 0 Å². The number of amides is 2. The van der Waals surface area contributed by atoms with Gasteiger partial charge in [0.25, 0.3) is 5.56 Å². The van der Waals surface area contributed by atoms with E-state index in [4.69, 9.17) is 0 Å². The van der Waals surface area contributed by atoms with Gasteiger partial charge in [0.1, 0.15) is 0 Å². The molecule has 2 fully saturated rings. The highest BCUT2D eigenvalue weighted by atomic mass is 16.2. The van der Waals surface area contributed by atoms with E-state index in [2.05, 4.69) is 31.2 Å². The van der Waals surface area contributed by atoms with Crippen LogP contribution in [0.5, 0.6) is 0 Å². The van der Waals surface area contributed by atoms with Crippen LogP contribution in [0, 0.1) is 11.8 Å². The van der Waals surface area contributed by atoms with E-state index >= 15 is 0 Å². The van der Waals surface area contributed by atoms with Gasteiger partial charge in [-0.3, -0.25) is 14.4 Å². The minimum Gasteiger partial charge on any atom is -0.356 e. The first-order valence-corrected chi connectivity index (χ1v) is 9.88. The van der Waals surface area contributed by atoms with Crippen molar-refractivity contribution in [1.82, 2.24) is 20.0 Å². The molecule has 0 spiro atoms. The van der Waals surface area contributed by atoms with E-state index in [1.54, 1.807) is 16.8 Å². The predicted molar refractivity (Wildman–Crippen MR) is 102 cm³/mol. The maximum Gasteiger partial charge on any atom is 0.266 e. The summed E-state index contributed by atoms with van der Waals surface area (Å²) in [6, 6.07) is 3.40. The molecule has 2 saturated heterocycles. The quantitative estimate of drug-likeness (QED) is 0.864. The summed E-state index contributed by atoms with van der Waals surface area (Å²) in [6.45, 7) is 8.81. The molecule has 2 amide bonds. The monoisotopic (exact) mass is 374 g/mol. The molecule has 2 aliphatic heterocycles. The molecule has 1 aromatic heterocycles. The molecule has 0 aromatic carbocycles. The third-order valence-corrected chi connectivity index (χ3v) is 5.59. The van der Waals surface area contributed by atoms with E-state index in [0.717, 1.165) is 25.0 Å². The zero-order chi connectivity index (χ0) is 19.6. The molecule has 0 aliphatic carbocycles. The van der Waals surface area contributed by atoms with Crippen molar-refractivity contribution in [3.8, 4) is 0 Å². The number of rotatable bonds is 3. The Labute approximate surface area is 160 Å². The van der Waals surface area contributed by atoms with Crippen molar-refractivity contribution in [2.45, 2.75) is 58.4 Å². The van der Waals surface area contributed by atoms with Crippen LogP contribution in [-0.2, 0) is 21.5 Å². The van der Waals surface area contributed by atoms with Gasteiger partial charge in [-0.1, -0.05) is 20.8 Å². The summed E-state index contributed by atoms with van der Waals surface area (Å²) in [7, 11) is 0. The fourth-order valence-electron chi connectivity index (χ4n) is 3.81. The zero-order valence-electron chi connectivity index (χ0n) is 16.5. The first kappa shape index (κ1) is 19.6. The number of carbonyl (C=O) groups is 2. The Bertz CT molecular complexity index is 757. The maximum absolute atomic E-state index is 12.7. The van der Waals surface area contributed by atoms with Crippen molar-refractivity contribution in [3.05, 3.63) is 28.2 Å². The van der Waals surface area contributed by atoms with Crippen molar-refractivity contribution in [2.24, 2.45) is 11.8 Å². The molecule has 1 N–H and O–H groups in total. The summed E-state index contributed by atoms with van der Waals surface area (Å²) < 4.78 is 1.58. The number of carbonyl (C=O) groups excluding carboxylic acids is 2. The van der Waals surface area contributed by atoms with E-state index in [0.29, 0.717) is 38.5 Å². The van der Waals surface area contributed by atoms with E-state index in [9.17, 15) is 14.4 Å². The number of nitrogens with zero attached hydrogens (tertiary/aromatic N) is 3. The summed E-state index contributed by atoms with van der Waals surface area (Å²) in [5.74, 6) is 0.235. The van der Waals surface area contributed by atoms with Crippen LogP contribution in [0.4, 0.5) is 0 Å². The van der Waals surface area contributed by atoms with Gasteiger partial charge >= 0.3 is 0 Å².